The summed E-state index contributed by atoms with van der Waals surface area (Å²) < 4.78 is 10.9. The normalized spacial score (nSPS) is 11.9. The molecule has 158 valence electrons. The van der Waals surface area contributed by atoms with E-state index in [4.69, 9.17) is 9.47 Å². The molecule has 0 aromatic carbocycles. The Hall–Kier alpha value is -0.430. The molecular weight excluding hydrogens is 382 g/mol. The zero-order valence-electron chi connectivity index (χ0n) is 17.3. The predicted molar refractivity (Wildman–Crippen MR) is 118 cm³/mol. The third kappa shape index (κ3) is 21.7. The molecule has 0 aromatic rings. The van der Waals surface area contributed by atoms with Crippen molar-refractivity contribution in [2.75, 3.05) is 58.4 Å². The average molecular weight is 420 g/mol. The average Bonchev–Trinajstić information content (AvgIpc) is 2.63. The summed E-state index contributed by atoms with van der Waals surface area (Å²) in [4.78, 5) is 11.5. The molecule has 0 aliphatic heterocycles. The van der Waals surface area contributed by atoms with Crippen molar-refractivity contribution in [1.29, 1.82) is 0 Å². The lowest BCUT2D eigenvalue weighted by Crippen LogP contribution is -2.27. The largest absolute Gasteiger partial charge is 0.379 e. The van der Waals surface area contributed by atoms with Crippen molar-refractivity contribution in [1.82, 2.24) is 16.0 Å². The number of rotatable bonds is 17. The lowest BCUT2D eigenvalue weighted by Gasteiger charge is -2.13. The van der Waals surface area contributed by atoms with Gasteiger partial charge in [0, 0.05) is 31.2 Å². The molecule has 1 atom stereocenters. The number of carbonyl (C=O) groups is 1. The summed E-state index contributed by atoms with van der Waals surface area (Å²) >= 11 is 0. The molecular formula is C19H37N3O3S2. The molecule has 0 aliphatic rings. The van der Waals surface area contributed by atoms with E-state index in [9.17, 15) is 4.79 Å². The number of carbonyl (C=O) groups excluding carboxylic acids is 1. The Morgan fingerprint density at radius 3 is 2.52 bits per heavy atom. The van der Waals surface area contributed by atoms with E-state index >= 15 is 0 Å². The lowest BCUT2D eigenvalue weighted by atomic mass is 10.2. The fourth-order valence-corrected chi connectivity index (χ4v) is 3.85. The Balaban J connectivity index is 3.30. The quantitative estimate of drug-likeness (QED) is 0.144. The fraction of sp³-hybridized carbons (Fsp3) is 0.842. The minimum atomic E-state index is -0.0343. The predicted octanol–water partition coefficient (Wildman–Crippen LogP) is 2.11. The third-order valence-corrected chi connectivity index (χ3v) is 5.85. The third-order valence-electron chi connectivity index (χ3n) is 3.11. The fourth-order valence-electron chi connectivity index (χ4n) is 1.78. The Morgan fingerprint density at radius 1 is 1.07 bits per heavy atom. The van der Waals surface area contributed by atoms with Gasteiger partial charge in [-0.2, -0.15) is 0 Å². The van der Waals surface area contributed by atoms with E-state index in [0.717, 1.165) is 25.4 Å². The first-order valence-electron chi connectivity index (χ1n) is 9.69. The van der Waals surface area contributed by atoms with E-state index in [1.165, 1.54) is 0 Å². The standard InChI is InChI=1S/C19H37N3O3S2/c1-5-20-11-16-26-27-18(4)21-10-13-25-15-14-24-12-8-19(23)22-9-6-7-17(2)3/h17-18,20-21H,5,8-16H2,1-4H3,(H,22,23). The molecule has 0 fully saturated rings. The van der Waals surface area contributed by atoms with Crippen molar-refractivity contribution in [3.05, 3.63) is 0 Å². The van der Waals surface area contributed by atoms with Crippen molar-refractivity contribution in [2.24, 2.45) is 5.92 Å². The Kier molecular flexibility index (Phi) is 20.0. The first kappa shape index (κ1) is 26.6. The summed E-state index contributed by atoms with van der Waals surface area (Å²) in [6.45, 7) is 13.7. The van der Waals surface area contributed by atoms with Crippen LogP contribution in [0, 0.1) is 17.8 Å². The number of hydrogen-bond donors (Lipinski definition) is 3. The second-order valence-electron chi connectivity index (χ2n) is 6.10. The van der Waals surface area contributed by atoms with Gasteiger partial charge in [0.25, 0.3) is 0 Å². The number of nitrogens with one attached hydrogen (secondary N) is 3. The van der Waals surface area contributed by atoms with Gasteiger partial charge in [0.15, 0.2) is 0 Å². The van der Waals surface area contributed by atoms with Gasteiger partial charge in [-0.3, -0.25) is 4.79 Å². The molecule has 0 rings (SSSR count). The van der Waals surface area contributed by atoms with E-state index in [-0.39, 0.29) is 5.91 Å². The molecule has 27 heavy (non-hydrogen) atoms. The summed E-state index contributed by atoms with van der Waals surface area (Å²) in [5, 5.41) is 9.88. The molecule has 0 bridgehead atoms. The van der Waals surface area contributed by atoms with Crippen LogP contribution in [0.4, 0.5) is 0 Å². The van der Waals surface area contributed by atoms with Crippen LogP contribution in [0.25, 0.3) is 0 Å². The number of hydrogen-bond acceptors (Lipinski definition) is 7. The first-order chi connectivity index (χ1) is 13.1. The highest BCUT2D eigenvalue weighted by atomic mass is 33.1. The van der Waals surface area contributed by atoms with Gasteiger partial charge < -0.3 is 25.4 Å². The van der Waals surface area contributed by atoms with Gasteiger partial charge in [-0.25, -0.2) is 0 Å². The second-order valence-corrected chi connectivity index (χ2v) is 8.92. The van der Waals surface area contributed by atoms with Gasteiger partial charge in [0.05, 0.1) is 38.3 Å². The molecule has 1 amide bonds. The van der Waals surface area contributed by atoms with Crippen LogP contribution in [-0.4, -0.2) is 69.6 Å². The van der Waals surface area contributed by atoms with E-state index in [1.807, 2.05) is 35.4 Å². The minimum Gasteiger partial charge on any atom is -0.379 e. The maximum Gasteiger partial charge on any atom is 0.223 e. The van der Waals surface area contributed by atoms with E-state index in [0.29, 0.717) is 50.7 Å². The summed E-state index contributed by atoms with van der Waals surface area (Å²) in [5.41, 5.74) is 0. The minimum absolute atomic E-state index is 0.0343. The lowest BCUT2D eigenvalue weighted by molar-refractivity contribution is -0.122. The molecule has 1 unspecified atom stereocenters. The Labute approximate surface area is 173 Å². The van der Waals surface area contributed by atoms with Crippen LogP contribution in [0.5, 0.6) is 0 Å². The molecule has 3 N–H and O–H groups in total. The highest BCUT2D eigenvalue weighted by molar-refractivity contribution is 8.76. The van der Waals surface area contributed by atoms with Gasteiger partial charge in [-0.15, -0.1) is 0 Å². The molecule has 6 nitrogen and oxygen atoms in total. The molecule has 0 aromatic heterocycles. The maximum absolute atomic E-state index is 11.5. The molecule has 0 spiro atoms. The van der Waals surface area contributed by atoms with Crippen LogP contribution in [0.1, 0.15) is 34.1 Å². The van der Waals surface area contributed by atoms with Crippen LogP contribution >= 0.6 is 21.6 Å². The Morgan fingerprint density at radius 2 is 1.81 bits per heavy atom. The molecule has 0 aliphatic carbocycles. The van der Waals surface area contributed by atoms with Crippen molar-refractivity contribution < 1.29 is 14.3 Å². The summed E-state index contributed by atoms with van der Waals surface area (Å²) in [6.07, 6.45) is 0.352. The van der Waals surface area contributed by atoms with E-state index in [2.05, 4.69) is 41.6 Å². The smallest absolute Gasteiger partial charge is 0.223 e. The van der Waals surface area contributed by atoms with Crippen molar-refractivity contribution >= 4 is 27.5 Å². The van der Waals surface area contributed by atoms with Gasteiger partial charge in [-0.1, -0.05) is 54.2 Å². The molecule has 0 saturated heterocycles. The number of amides is 1. The van der Waals surface area contributed by atoms with E-state index in [1.54, 1.807) is 0 Å². The van der Waals surface area contributed by atoms with Gasteiger partial charge in [0.1, 0.15) is 0 Å². The van der Waals surface area contributed by atoms with Crippen LogP contribution in [0.15, 0.2) is 0 Å². The van der Waals surface area contributed by atoms with Crippen molar-refractivity contribution in [3.8, 4) is 11.8 Å². The molecule has 0 saturated carbocycles. The zero-order chi connectivity index (χ0) is 20.2. The van der Waals surface area contributed by atoms with Crippen LogP contribution in [0.3, 0.4) is 0 Å². The van der Waals surface area contributed by atoms with Gasteiger partial charge >= 0.3 is 0 Å². The van der Waals surface area contributed by atoms with Crippen molar-refractivity contribution in [3.63, 3.8) is 0 Å². The van der Waals surface area contributed by atoms with Crippen LogP contribution < -0.4 is 16.0 Å². The summed E-state index contributed by atoms with van der Waals surface area (Å²) in [6, 6.07) is 0. The Bertz CT molecular complexity index is 415. The molecule has 0 radical (unpaired) electrons. The van der Waals surface area contributed by atoms with Crippen LogP contribution in [-0.2, 0) is 14.3 Å². The van der Waals surface area contributed by atoms with Gasteiger partial charge in [0.2, 0.25) is 5.91 Å². The van der Waals surface area contributed by atoms with Crippen LogP contribution in [0.2, 0.25) is 0 Å². The van der Waals surface area contributed by atoms with Gasteiger partial charge in [-0.05, 0) is 13.5 Å². The zero-order valence-corrected chi connectivity index (χ0v) is 18.9. The highest BCUT2D eigenvalue weighted by Gasteiger charge is 2.02. The maximum atomic E-state index is 11.5. The monoisotopic (exact) mass is 419 g/mol. The van der Waals surface area contributed by atoms with Crippen molar-refractivity contribution in [2.45, 2.75) is 39.5 Å². The molecule has 8 heteroatoms. The summed E-state index contributed by atoms with van der Waals surface area (Å²) in [5.74, 6) is 7.33. The topological polar surface area (TPSA) is 71.6 Å². The molecule has 0 heterocycles. The SMILES string of the molecule is CCNCCSSC(C)NCCOCCOCCC(=O)NCC#CC(C)C. The second kappa shape index (κ2) is 20.3. The number of ether oxygens (including phenoxy) is 2. The highest BCUT2D eigenvalue weighted by Crippen LogP contribution is 2.24. The summed E-state index contributed by atoms with van der Waals surface area (Å²) in [7, 11) is 3.73. The van der Waals surface area contributed by atoms with E-state index < -0.39 is 0 Å². The first-order valence-corrected chi connectivity index (χ1v) is 12.1.